The fraction of sp³-hybridized carbons (Fsp3) is 0.385. The van der Waals surface area contributed by atoms with Crippen LogP contribution in [0.1, 0.15) is 22.9 Å². The van der Waals surface area contributed by atoms with E-state index in [0.29, 0.717) is 5.92 Å². The minimum atomic E-state index is 0.443. The van der Waals surface area contributed by atoms with Crippen LogP contribution in [0.25, 0.3) is 0 Å². The molecule has 0 bridgehead atoms. The third kappa shape index (κ3) is 2.94. The van der Waals surface area contributed by atoms with E-state index in [-0.39, 0.29) is 0 Å². The van der Waals surface area contributed by atoms with Crippen molar-refractivity contribution in [2.24, 2.45) is 7.05 Å². The standard InChI is InChI=1S/C13H16BrN3/c1-10-3-5-11(6-4-10)12(8-14)7-13-15-9-16-17(13)2/h3-6,9,12H,7-8H2,1-2H3. The number of aryl methyl sites for hydroxylation is 2. The molecule has 1 aromatic heterocycles. The van der Waals surface area contributed by atoms with Gasteiger partial charge < -0.3 is 0 Å². The molecule has 17 heavy (non-hydrogen) atoms. The van der Waals surface area contributed by atoms with E-state index >= 15 is 0 Å². The first-order valence-corrected chi connectivity index (χ1v) is 6.78. The molecule has 0 N–H and O–H groups in total. The Morgan fingerprint density at radius 2 is 2.00 bits per heavy atom. The topological polar surface area (TPSA) is 30.7 Å². The third-order valence-corrected chi connectivity index (χ3v) is 3.75. The van der Waals surface area contributed by atoms with Gasteiger partial charge in [0, 0.05) is 24.7 Å². The van der Waals surface area contributed by atoms with E-state index in [0.717, 1.165) is 17.6 Å². The molecule has 3 nitrogen and oxygen atoms in total. The summed E-state index contributed by atoms with van der Waals surface area (Å²) in [6.07, 6.45) is 2.51. The Morgan fingerprint density at radius 3 is 2.53 bits per heavy atom. The normalized spacial score (nSPS) is 12.6. The zero-order chi connectivity index (χ0) is 12.3. The summed E-state index contributed by atoms with van der Waals surface area (Å²) >= 11 is 3.58. The van der Waals surface area contributed by atoms with Gasteiger partial charge in [0.25, 0.3) is 0 Å². The van der Waals surface area contributed by atoms with Gasteiger partial charge in [-0.3, -0.25) is 4.68 Å². The van der Waals surface area contributed by atoms with Crippen LogP contribution in [0.2, 0.25) is 0 Å². The molecule has 0 fully saturated rings. The summed E-state index contributed by atoms with van der Waals surface area (Å²) in [6, 6.07) is 8.69. The zero-order valence-corrected chi connectivity index (χ0v) is 11.7. The Bertz CT molecular complexity index is 476. The molecule has 1 atom stereocenters. The predicted octanol–water partition coefficient (Wildman–Crippen LogP) is 2.84. The number of rotatable bonds is 4. The largest absolute Gasteiger partial charge is 0.253 e. The second-order valence-electron chi connectivity index (χ2n) is 4.27. The van der Waals surface area contributed by atoms with Gasteiger partial charge in [0.05, 0.1) is 0 Å². The summed E-state index contributed by atoms with van der Waals surface area (Å²) in [5.41, 5.74) is 2.64. The van der Waals surface area contributed by atoms with E-state index in [1.165, 1.54) is 11.1 Å². The fourth-order valence-electron chi connectivity index (χ4n) is 1.83. The molecule has 0 aliphatic rings. The molecule has 90 valence electrons. The van der Waals surface area contributed by atoms with Crippen molar-refractivity contribution in [3.8, 4) is 0 Å². The minimum Gasteiger partial charge on any atom is -0.253 e. The first kappa shape index (κ1) is 12.3. The zero-order valence-electron chi connectivity index (χ0n) is 10.1. The van der Waals surface area contributed by atoms with E-state index in [1.54, 1.807) is 6.33 Å². The van der Waals surface area contributed by atoms with Crippen molar-refractivity contribution < 1.29 is 0 Å². The summed E-state index contributed by atoms with van der Waals surface area (Å²) in [7, 11) is 1.93. The fourth-order valence-corrected chi connectivity index (χ4v) is 2.43. The Kier molecular flexibility index (Phi) is 3.94. The van der Waals surface area contributed by atoms with E-state index in [1.807, 2.05) is 11.7 Å². The molecule has 0 aliphatic heterocycles. The SMILES string of the molecule is Cc1ccc(C(CBr)Cc2ncnn2C)cc1. The van der Waals surface area contributed by atoms with Crippen LogP contribution >= 0.6 is 15.9 Å². The molecule has 1 heterocycles. The maximum Gasteiger partial charge on any atom is 0.138 e. The summed E-state index contributed by atoms with van der Waals surface area (Å²) in [6.45, 7) is 2.11. The quantitative estimate of drug-likeness (QED) is 0.812. The smallest absolute Gasteiger partial charge is 0.138 e. The molecule has 0 aliphatic carbocycles. The van der Waals surface area contributed by atoms with Gasteiger partial charge in [-0.25, -0.2) is 4.98 Å². The maximum absolute atomic E-state index is 4.28. The van der Waals surface area contributed by atoms with Crippen LogP contribution in [0, 0.1) is 6.92 Å². The molecular weight excluding hydrogens is 278 g/mol. The Balaban J connectivity index is 2.17. The molecule has 4 heteroatoms. The van der Waals surface area contributed by atoms with Crippen LogP contribution in [0.15, 0.2) is 30.6 Å². The van der Waals surface area contributed by atoms with Gasteiger partial charge in [0.15, 0.2) is 0 Å². The van der Waals surface area contributed by atoms with Crippen LogP contribution < -0.4 is 0 Å². The number of halogens is 1. The van der Waals surface area contributed by atoms with Crippen molar-refractivity contribution in [3.63, 3.8) is 0 Å². The van der Waals surface area contributed by atoms with Crippen molar-refractivity contribution in [1.29, 1.82) is 0 Å². The lowest BCUT2D eigenvalue weighted by Gasteiger charge is -2.14. The van der Waals surface area contributed by atoms with Gasteiger partial charge in [-0.05, 0) is 12.5 Å². The second kappa shape index (κ2) is 5.45. The Labute approximate surface area is 110 Å². The van der Waals surface area contributed by atoms with Crippen LogP contribution in [0.4, 0.5) is 0 Å². The monoisotopic (exact) mass is 293 g/mol. The lowest BCUT2D eigenvalue weighted by Crippen LogP contribution is -2.09. The molecule has 0 radical (unpaired) electrons. The molecule has 1 aromatic carbocycles. The van der Waals surface area contributed by atoms with E-state index < -0.39 is 0 Å². The van der Waals surface area contributed by atoms with Gasteiger partial charge in [-0.1, -0.05) is 45.8 Å². The van der Waals surface area contributed by atoms with Gasteiger partial charge >= 0.3 is 0 Å². The highest BCUT2D eigenvalue weighted by molar-refractivity contribution is 9.09. The van der Waals surface area contributed by atoms with Crippen LogP contribution in [-0.2, 0) is 13.5 Å². The highest BCUT2D eigenvalue weighted by Crippen LogP contribution is 2.22. The molecule has 2 rings (SSSR count). The summed E-state index contributed by atoms with van der Waals surface area (Å²) in [5, 5.41) is 5.04. The van der Waals surface area contributed by atoms with Gasteiger partial charge in [-0.15, -0.1) is 0 Å². The minimum absolute atomic E-state index is 0.443. The van der Waals surface area contributed by atoms with Crippen molar-refractivity contribution in [2.45, 2.75) is 19.3 Å². The Hall–Kier alpha value is -1.16. The maximum atomic E-state index is 4.28. The van der Waals surface area contributed by atoms with Crippen LogP contribution in [0.3, 0.4) is 0 Å². The number of aromatic nitrogens is 3. The van der Waals surface area contributed by atoms with E-state index in [2.05, 4.69) is 57.2 Å². The molecule has 1 unspecified atom stereocenters. The molecular formula is C13H16BrN3. The van der Waals surface area contributed by atoms with Gasteiger partial charge in [0.1, 0.15) is 12.2 Å². The van der Waals surface area contributed by atoms with Crippen molar-refractivity contribution in [2.75, 3.05) is 5.33 Å². The molecule has 0 amide bonds. The van der Waals surface area contributed by atoms with Crippen LogP contribution in [0.5, 0.6) is 0 Å². The number of nitrogens with zero attached hydrogens (tertiary/aromatic N) is 3. The number of hydrogen-bond acceptors (Lipinski definition) is 2. The van der Waals surface area contributed by atoms with Crippen LogP contribution in [-0.4, -0.2) is 20.1 Å². The molecule has 0 saturated carbocycles. The lowest BCUT2D eigenvalue weighted by atomic mass is 9.96. The summed E-state index contributed by atoms with van der Waals surface area (Å²) in [5.74, 6) is 1.47. The first-order chi connectivity index (χ1) is 8.20. The average Bonchev–Trinajstić information content (AvgIpc) is 2.73. The van der Waals surface area contributed by atoms with E-state index in [9.17, 15) is 0 Å². The van der Waals surface area contributed by atoms with E-state index in [4.69, 9.17) is 0 Å². The first-order valence-electron chi connectivity index (χ1n) is 5.66. The Morgan fingerprint density at radius 1 is 1.29 bits per heavy atom. The number of hydrogen-bond donors (Lipinski definition) is 0. The molecule has 0 spiro atoms. The van der Waals surface area contributed by atoms with Crippen molar-refractivity contribution >= 4 is 15.9 Å². The molecule has 0 saturated heterocycles. The predicted molar refractivity (Wildman–Crippen MR) is 72.4 cm³/mol. The highest BCUT2D eigenvalue weighted by atomic mass is 79.9. The number of alkyl halides is 1. The van der Waals surface area contributed by atoms with Crippen molar-refractivity contribution in [3.05, 3.63) is 47.5 Å². The molecule has 2 aromatic rings. The number of benzene rings is 1. The summed E-state index contributed by atoms with van der Waals surface area (Å²) in [4.78, 5) is 4.28. The van der Waals surface area contributed by atoms with Gasteiger partial charge in [-0.2, -0.15) is 5.10 Å². The van der Waals surface area contributed by atoms with Crippen molar-refractivity contribution in [1.82, 2.24) is 14.8 Å². The summed E-state index contributed by atoms with van der Waals surface area (Å²) < 4.78 is 1.84. The lowest BCUT2D eigenvalue weighted by molar-refractivity contribution is 0.651. The second-order valence-corrected chi connectivity index (χ2v) is 4.91. The highest BCUT2D eigenvalue weighted by Gasteiger charge is 2.13. The third-order valence-electron chi connectivity index (χ3n) is 2.97. The average molecular weight is 294 g/mol. The van der Waals surface area contributed by atoms with Gasteiger partial charge in [0.2, 0.25) is 0 Å².